The molecule has 1 fully saturated rings. The number of ether oxygens (including phenoxy) is 1. The lowest BCUT2D eigenvalue weighted by atomic mass is 10.1. The van der Waals surface area contributed by atoms with E-state index in [-0.39, 0.29) is 0 Å². The quantitative estimate of drug-likeness (QED) is 0.658. The van der Waals surface area contributed by atoms with E-state index in [1.165, 1.54) is 11.1 Å². The molecule has 0 atom stereocenters. The third kappa shape index (κ3) is 4.87. The molecule has 1 aliphatic rings. The normalized spacial score (nSPS) is 14.8. The van der Waals surface area contributed by atoms with Crippen LogP contribution < -0.4 is 9.64 Å². The predicted octanol–water partition coefficient (Wildman–Crippen LogP) is 3.69. The third-order valence-electron chi connectivity index (χ3n) is 5.03. The second kappa shape index (κ2) is 8.85. The van der Waals surface area contributed by atoms with E-state index in [0.29, 0.717) is 12.5 Å². The van der Waals surface area contributed by atoms with E-state index in [2.05, 4.69) is 52.0 Å². The van der Waals surface area contributed by atoms with Crippen LogP contribution in [0.15, 0.2) is 67.0 Å². The van der Waals surface area contributed by atoms with Crippen molar-refractivity contribution < 1.29 is 4.74 Å². The molecule has 144 valence electrons. The van der Waals surface area contributed by atoms with Gasteiger partial charge in [-0.05, 0) is 36.2 Å². The Bertz CT molecular complexity index is 892. The fourth-order valence-corrected chi connectivity index (χ4v) is 3.50. The average molecular weight is 374 g/mol. The van der Waals surface area contributed by atoms with E-state index in [1.807, 2.05) is 24.3 Å². The van der Waals surface area contributed by atoms with Gasteiger partial charge < -0.3 is 9.64 Å². The fourth-order valence-electron chi connectivity index (χ4n) is 3.50. The van der Waals surface area contributed by atoms with Crippen LogP contribution in [0.3, 0.4) is 0 Å². The Morgan fingerprint density at radius 1 is 0.893 bits per heavy atom. The maximum Gasteiger partial charge on any atom is 0.215 e. The van der Waals surface area contributed by atoms with Gasteiger partial charge in [-0.15, -0.1) is 0 Å². The molecule has 0 radical (unpaired) electrons. The molecule has 28 heavy (non-hydrogen) atoms. The lowest BCUT2D eigenvalue weighted by Gasteiger charge is -2.35. The molecular weight excluding hydrogens is 348 g/mol. The molecule has 5 heteroatoms. The Kier molecular flexibility index (Phi) is 5.83. The van der Waals surface area contributed by atoms with Crippen molar-refractivity contribution in [3.8, 4) is 5.88 Å². The maximum atomic E-state index is 5.86. The summed E-state index contributed by atoms with van der Waals surface area (Å²) in [6, 6.07) is 18.7. The Labute approximate surface area is 166 Å². The van der Waals surface area contributed by atoms with Crippen molar-refractivity contribution in [1.82, 2.24) is 14.9 Å². The molecule has 3 aromatic rings. The minimum Gasteiger partial charge on any atom is -0.473 e. The van der Waals surface area contributed by atoms with Gasteiger partial charge in [0.15, 0.2) is 0 Å². The lowest BCUT2D eigenvalue weighted by Crippen LogP contribution is -2.46. The zero-order chi connectivity index (χ0) is 19.2. The molecule has 0 aliphatic carbocycles. The molecule has 0 spiro atoms. The van der Waals surface area contributed by atoms with Gasteiger partial charge >= 0.3 is 0 Å². The van der Waals surface area contributed by atoms with E-state index < -0.39 is 0 Å². The summed E-state index contributed by atoms with van der Waals surface area (Å²) in [5, 5.41) is 0. The summed E-state index contributed by atoms with van der Waals surface area (Å²) in [4.78, 5) is 13.6. The van der Waals surface area contributed by atoms with E-state index in [1.54, 1.807) is 12.4 Å². The number of anilines is 1. The molecule has 1 aromatic carbocycles. The van der Waals surface area contributed by atoms with Crippen LogP contribution in [0.25, 0.3) is 0 Å². The maximum absolute atomic E-state index is 5.86. The summed E-state index contributed by atoms with van der Waals surface area (Å²) in [5.74, 6) is 1.65. The predicted molar refractivity (Wildman–Crippen MR) is 111 cm³/mol. The Morgan fingerprint density at radius 3 is 2.46 bits per heavy atom. The standard InChI is InChI=1S/C23H26N4O/c1-19-4-2-5-21(16-19)17-26-12-14-27(15-13-26)22-6-3-7-23(25-22)28-18-20-8-10-24-11-9-20/h2-11,16H,12-15,17-18H2,1H3. The summed E-state index contributed by atoms with van der Waals surface area (Å²) in [7, 11) is 0. The summed E-state index contributed by atoms with van der Waals surface area (Å²) >= 11 is 0. The minimum absolute atomic E-state index is 0.503. The highest BCUT2D eigenvalue weighted by atomic mass is 16.5. The largest absolute Gasteiger partial charge is 0.473 e. The number of pyridine rings is 2. The molecule has 1 saturated heterocycles. The van der Waals surface area contributed by atoms with Crippen LogP contribution in [-0.4, -0.2) is 41.0 Å². The Balaban J connectivity index is 1.32. The molecule has 0 unspecified atom stereocenters. The van der Waals surface area contributed by atoms with Gasteiger partial charge in [0.2, 0.25) is 5.88 Å². The Hall–Kier alpha value is -2.92. The molecule has 0 amide bonds. The summed E-state index contributed by atoms with van der Waals surface area (Å²) in [6.45, 7) is 7.70. The van der Waals surface area contributed by atoms with E-state index >= 15 is 0 Å². The summed E-state index contributed by atoms with van der Waals surface area (Å²) < 4.78 is 5.86. The molecule has 1 aliphatic heterocycles. The Morgan fingerprint density at radius 2 is 1.68 bits per heavy atom. The highest BCUT2D eigenvalue weighted by Crippen LogP contribution is 2.19. The van der Waals surface area contributed by atoms with Crippen LogP contribution in [-0.2, 0) is 13.2 Å². The van der Waals surface area contributed by atoms with Gasteiger partial charge in [0.05, 0.1) is 0 Å². The SMILES string of the molecule is Cc1cccc(CN2CCN(c3cccc(OCc4ccncc4)n3)CC2)c1. The number of aromatic nitrogens is 2. The molecule has 2 aromatic heterocycles. The first-order valence-electron chi connectivity index (χ1n) is 9.78. The van der Waals surface area contributed by atoms with Gasteiger partial charge in [-0.25, -0.2) is 0 Å². The van der Waals surface area contributed by atoms with Crippen molar-refractivity contribution in [3.05, 3.63) is 83.7 Å². The smallest absolute Gasteiger partial charge is 0.215 e. The summed E-state index contributed by atoms with van der Waals surface area (Å²) in [6.07, 6.45) is 3.55. The van der Waals surface area contributed by atoms with Crippen LogP contribution in [0, 0.1) is 6.92 Å². The molecular formula is C23H26N4O. The van der Waals surface area contributed by atoms with Gasteiger partial charge in [-0.1, -0.05) is 35.9 Å². The first-order chi connectivity index (χ1) is 13.8. The summed E-state index contributed by atoms with van der Waals surface area (Å²) in [5.41, 5.74) is 3.80. The van der Waals surface area contributed by atoms with E-state index in [4.69, 9.17) is 9.72 Å². The van der Waals surface area contributed by atoms with Crippen molar-refractivity contribution >= 4 is 5.82 Å². The van der Waals surface area contributed by atoms with E-state index in [0.717, 1.165) is 44.1 Å². The number of aryl methyl sites for hydroxylation is 1. The number of hydrogen-bond acceptors (Lipinski definition) is 5. The van der Waals surface area contributed by atoms with Gasteiger partial charge in [-0.3, -0.25) is 9.88 Å². The van der Waals surface area contributed by atoms with Gasteiger partial charge in [0, 0.05) is 51.2 Å². The zero-order valence-electron chi connectivity index (χ0n) is 16.3. The third-order valence-corrected chi connectivity index (χ3v) is 5.03. The molecule has 0 bridgehead atoms. The van der Waals surface area contributed by atoms with Crippen LogP contribution in [0.5, 0.6) is 5.88 Å². The first-order valence-corrected chi connectivity index (χ1v) is 9.78. The van der Waals surface area contributed by atoms with Crippen molar-refractivity contribution in [3.63, 3.8) is 0 Å². The van der Waals surface area contributed by atoms with Gasteiger partial charge in [-0.2, -0.15) is 4.98 Å². The fraction of sp³-hybridized carbons (Fsp3) is 0.304. The number of nitrogens with zero attached hydrogens (tertiary/aromatic N) is 4. The zero-order valence-corrected chi connectivity index (χ0v) is 16.3. The van der Waals surface area contributed by atoms with Gasteiger partial charge in [0.1, 0.15) is 12.4 Å². The molecule has 4 rings (SSSR count). The van der Waals surface area contributed by atoms with Crippen LogP contribution in [0.2, 0.25) is 0 Å². The van der Waals surface area contributed by atoms with Crippen LogP contribution in [0.4, 0.5) is 5.82 Å². The minimum atomic E-state index is 0.503. The molecule has 5 nitrogen and oxygen atoms in total. The van der Waals surface area contributed by atoms with E-state index in [9.17, 15) is 0 Å². The second-order valence-corrected chi connectivity index (χ2v) is 7.23. The van der Waals surface area contributed by atoms with Crippen molar-refractivity contribution in [2.24, 2.45) is 0 Å². The number of hydrogen-bond donors (Lipinski definition) is 0. The molecule has 0 N–H and O–H groups in total. The lowest BCUT2D eigenvalue weighted by molar-refractivity contribution is 0.248. The van der Waals surface area contributed by atoms with Crippen LogP contribution >= 0.6 is 0 Å². The monoisotopic (exact) mass is 374 g/mol. The highest BCUT2D eigenvalue weighted by molar-refractivity contribution is 5.41. The number of benzene rings is 1. The first kappa shape index (κ1) is 18.4. The highest BCUT2D eigenvalue weighted by Gasteiger charge is 2.18. The van der Waals surface area contributed by atoms with Crippen molar-refractivity contribution in [2.45, 2.75) is 20.1 Å². The molecule has 0 saturated carbocycles. The van der Waals surface area contributed by atoms with Crippen molar-refractivity contribution in [1.29, 1.82) is 0 Å². The van der Waals surface area contributed by atoms with Crippen LogP contribution in [0.1, 0.15) is 16.7 Å². The number of piperazine rings is 1. The number of rotatable bonds is 6. The van der Waals surface area contributed by atoms with Crippen molar-refractivity contribution in [2.75, 3.05) is 31.1 Å². The second-order valence-electron chi connectivity index (χ2n) is 7.23. The molecule has 3 heterocycles. The topological polar surface area (TPSA) is 41.5 Å². The average Bonchev–Trinajstić information content (AvgIpc) is 2.74. The van der Waals surface area contributed by atoms with Gasteiger partial charge in [0.25, 0.3) is 0 Å².